The van der Waals surface area contributed by atoms with Crippen LogP contribution in [0.5, 0.6) is 0 Å². The van der Waals surface area contributed by atoms with Gasteiger partial charge in [-0.3, -0.25) is 9.36 Å². The van der Waals surface area contributed by atoms with E-state index in [1.54, 1.807) is 16.7 Å². The number of benzene rings is 1. The molecule has 2 aromatic heterocycles. The molecule has 3 aromatic rings. The van der Waals surface area contributed by atoms with Crippen molar-refractivity contribution in [3.63, 3.8) is 0 Å². The van der Waals surface area contributed by atoms with E-state index in [-0.39, 0.29) is 30.4 Å². The van der Waals surface area contributed by atoms with Gasteiger partial charge in [0.1, 0.15) is 11.6 Å². The highest BCUT2D eigenvalue weighted by Crippen LogP contribution is 2.36. The first kappa shape index (κ1) is 17.2. The average molecular weight is 374 g/mol. The van der Waals surface area contributed by atoms with Gasteiger partial charge in [0.2, 0.25) is 5.82 Å². The smallest absolute Gasteiger partial charge is 0.346 e. The number of aromatic nitrogens is 3. The zero-order valence-electron chi connectivity index (χ0n) is 14.2. The second-order valence-electron chi connectivity index (χ2n) is 6.29. The number of nitrogens with one attached hydrogen (secondary N) is 1. The molecule has 1 amide bonds. The van der Waals surface area contributed by atoms with Crippen LogP contribution < -0.4 is 11.0 Å². The van der Waals surface area contributed by atoms with Crippen LogP contribution >= 0.6 is 0 Å². The highest BCUT2D eigenvalue weighted by Gasteiger charge is 2.31. The van der Waals surface area contributed by atoms with Crippen molar-refractivity contribution < 1.29 is 18.0 Å². The van der Waals surface area contributed by atoms with E-state index in [0.717, 1.165) is 25.0 Å². The van der Waals surface area contributed by atoms with Gasteiger partial charge < -0.3 is 9.73 Å². The predicted molar refractivity (Wildman–Crippen MR) is 91.2 cm³/mol. The van der Waals surface area contributed by atoms with Gasteiger partial charge in [-0.1, -0.05) is 0 Å². The summed E-state index contributed by atoms with van der Waals surface area (Å²) in [5.41, 5.74) is -0.547. The molecule has 1 aromatic carbocycles. The molecule has 0 atom stereocenters. The van der Waals surface area contributed by atoms with Crippen LogP contribution in [0.4, 0.5) is 8.78 Å². The Balaban J connectivity index is 1.48. The fourth-order valence-electron chi connectivity index (χ4n) is 2.85. The van der Waals surface area contributed by atoms with Crippen LogP contribution in [-0.2, 0) is 6.54 Å². The molecule has 9 heteroatoms. The van der Waals surface area contributed by atoms with Gasteiger partial charge >= 0.3 is 5.69 Å². The quantitative estimate of drug-likeness (QED) is 0.718. The summed E-state index contributed by atoms with van der Waals surface area (Å²) in [6, 6.07) is 6.27. The number of furan rings is 1. The molecule has 1 aliphatic carbocycles. The van der Waals surface area contributed by atoms with E-state index in [1.165, 1.54) is 10.9 Å². The molecule has 1 N–H and O–H groups in total. The number of hydrogen-bond acceptors (Lipinski definition) is 4. The maximum atomic E-state index is 13.6. The lowest BCUT2D eigenvalue weighted by Crippen LogP contribution is -2.32. The fraction of sp³-hybridized carbons (Fsp3) is 0.278. The van der Waals surface area contributed by atoms with Gasteiger partial charge in [0, 0.05) is 18.7 Å². The Labute approximate surface area is 152 Å². The molecule has 7 nitrogen and oxygen atoms in total. The van der Waals surface area contributed by atoms with E-state index in [1.807, 2.05) is 0 Å². The molecule has 0 radical (unpaired) electrons. The molecule has 27 heavy (non-hydrogen) atoms. The Bertz CT molecular complexity index is 1040. The van der Waals surface area contributed by atoms with Crippen molar-refractivity contribution >= 4 is 5.91 Å². The van der Waals surface area contributed by atoms with Crippen LogP contribution in [0.1, 0.15) is 29.2 Å². The minimum Gasteiger partial charge on any atom is -0.461 e. The summed E-state index contributed by atoms with van der Waals surface area (Å²) in [4.78, 5) is 24.6. The lowest BCUT2D eigenvalue weighted by Gasteiger charge is -2.06. The van der Waals surface area contributed by atoms with Crippen molar-refractivity contribution in [1.29, 1.82) is 0 Å². The van der Waals surface area contributed by atoms with Crippen LogP contribution in [0.2, 0.25) is 0 Å². The second kappa shape index (κ2) is 6.82. The summed E-state index contributed by atoms with van der Waals surface area (Å²) < 4.78 is 34.8. The highest BCUT2D eigenvalue weighted by molar-refractivity contribution is 5.94. The third kappa shape index (κ3) is 3.40. The Kier molecular flexibility index (Phi) is 4.35. The minimum atomic E-state index is -0.942. The van der Waals surface area contributed by atoms with Gasteiger partial charge in [-0.15, -0.1) is 5.10 Å². The molecule has 4 rings (SSSR count). The van der Waals surface area contributed by atoms with Crippen molar-refractivity contribution in [3.8, 4) is 11.6 Å². The fourth-order valence-corrected chi connectivity index (χ4v) is 2.85. The lowest BCUT2D eigenvalue weighted by atomic mass is 10.2. The molecule has 1 fully saturated rings. The largest absolute Gasteiger partial charge is 0.461 e. The SMILES string of the molecule is O=C(NCCn1nc(-c2ccco2)n(C2CC2)c1=O)c1ccc(F)cc1F. The monoisotopic (exact) mass is 374 g/mol. The van der Waals surface area contributed by atoms with Crippen LogP contribution in [0.3, 0.4) is 0 Å². The highest BCUT2D eigenvalue weighted by atomic mass is 19.1. The summed E-state index contributed by atoms with van der Waals surface area (Å²) in [5, 5.41) is 6.82. The van der Waals surface area contributed by atoms with Crippen LogP contribution in [-0.4, -0.2) is 26.8 Å². The van der Waals surface area contributed by atoms with E-state index < -0.39 is 17.5 Å². The summed E-state index contributed by atoms with van der Waals surface area (Å²) in [6.07, 6.45) is 3.31. The third-order valence-corrected chi connectivity index (χ3v) is 4.31. The van der Waals surface area contributed by atoms with Crippen LogP contribution in [0, 0.1) is 11.6 Å². The maximum Gasteiger partial charge on any atom is 0.346 e. The zero-order chi connectivity index (χ0) is 19.0. The van der Waals surface area contributed by atoms with Gasteiger partial charge in [0.15, 0.2) is 5.76 Å². The van der Waals surface area contributed by atoms with Crippen molar-refractivity contribution in [3.05, 3.63) is 64.3 Å². The van der Waals surface area contributed by atoms with Crippen molar-refractivity contribution in [2.24, 2.45) is 0 Å². The molecular weight excluding hydrogens is 358 g/mol. The number of carbonyl (C=O) groups is 1. The Hall–Kier alpha value is -3.23. The number of nitrogens with zero attached hydrogens (tertiary/aromatic N) is 3. The average Bonchev–Trinajstić information content (AvgIpc) is 3.20. The molecule has 0 aliphatic heterocycles. The summed E-state index contributed by atoms with van der Waals surface area (Å²) in [6.45, 7) is 0.176. The Morgan fingerprint density at radius 1 is 1.30 bits per heavy atom. The topological polar surface area (TPSA) is 82.1 Å². The Morgan fingerprint density at radius 3 is 2.78 bits per heavy atom. The lowest BCUT2D eigenvalue weighted by molar-refractivity contribution is 0.0947. The zero-order valence-corrected chi connectivity index (χ0v) is 14.2. The van der Waals surface area contributed by atoms with Gasteiger partial charge in [-0.25, -0.2) is 18.3 Å². The molecule has 0 unspecified atom stereocenters. The third-order valence-electron chi connectivity index (χ3n) is 4.31. The summed E-state index contributed by atoms with van der Waals surface area (Å²) in [7, 11) is 0. The van der Waals surface area contributed by atoms with Crippen molar-refractivity contribution in [2.75, 3.05) is 6.54 Å². The summed E-state index contributed by atoms with van der Waals surface area (Å²) in [5.74, 6) is -1.44. The van der Waals surface area contributed by atoms with Crippen LogP contribution in [0.25, 0.3) is 11.6 Å². The number of rotatable bonds is 6. The number of amides is 1. The van der Waals surface area contributed by atoms with E-state index in [2.05, 4.69) is 10.4 Å². The molecule has 2 heterocycles. The molecule has 0 bridgehead atoms. The van der Waals surface area contributed by atoms with Gasteiger partial charge in [-0.05, 0) is 37.1 Å². The van der Waals surface area contributed by atoms with E-state index in [9.17, 15) is 18.4 Å². The van der Waals surface area contributed by atoms with Gasteiger partial charge in [0.05, 0.1) is 18.4 Å². The standard InChI is InChI=1S/C18H16F2N4O3/c19-11-3-6-13(14(20)10-11)17(25)21-7-8-23-18(26)24(12-4-5-12)16(22-23)15-2-1-9-27-15/h1-3,6,9-10,12H,4-5,7-8H2,(H,21,25). The Morgan fingerprint density at radius 2 is 2.11 bits per heavy atom. The van der Waals surface area contributed by atoms with Crippen molar-refractivity contribution in [2.45, 2.75) is 25.4 Å². The van der Waals surface area contributed by atoms with Crippen molar-refractivity contribution in [1.82, 2.24) is 19.7 Å². The van der Waals surface area contributed by atoms with Gasteiger partial charge in [0.25, 0.3) is 5.91 Å². The minimum absolute atomic E-state index is 0.0643. The van der Waals surface area contributed by atoms with E-state index in [0.29, 0.717) is 17.7 Å². The molecule has 140 valence electrons. The van der Waals surface area contributed by atoms with E-state index >= 15 is 0 Å². The first-order valence-electron chi connectivity index (χ1n) is 8.51. The molecule has 0 spiro atoms. The normalized spacial score (nSPS) is 13.7. The predicted octanol–water partition coefficient (Wildman–Crippen LogP) is 2.35. The number of halogens is 2. The van der Waals surface area contributed by atoms with Crippen LogP contribution in [0.15, 0.2) is 45.8 Å². The first-order valence-corrected chi connectivity index (χ1v) is 8.51. The molecule has 0 saturated heterocycles. The van der Waals surface area contributed by atoms with E-state index in [4.69, 9.17) is 4.42 Å². The number of hydrogen-bond donors (Lipinski definition) is 1. The molecule has 1 saturated carbocycles. The first-order chi connectivity index (χ1) is 13.0. The summed E-state index contributed by atoms with van der Waals surface area (Å²) >= 11 is 0. The molecule has 1 aliphatic rings. The van der Waals surface area contributed by atoms with Gasteiger partial charge in [-0.2, -0.15) is 0 Å². The maximum absolute atomic E-state index is 13.6. The number of carbonyl (C=O) groups excluding carboxylic acids is 1. The molecular formula is C18H16F2N4O3. The second-order valence-corrected chi connectivity index (χ2v) is 6.29.